The molecule has 0 unspecified atom stereocenters. The Morgan fingerprint density at radius 2 is 2.00 bits per heavy atom. The van der Waals surface area contributed by atoms with E-state index in [1.165, 1.54) is 0 Å². The first-order chi connectivity index (χ1) is 12.3. The highest BCUT2D eigenvalue weighted by Gasteiger charge is 2.20. The Balaban J connectivity index is 1.53. The molecule has 1 N–H and O–H groups in total. The highest BCUT2D eigenvalue weighted by atomic mass is 16.5. The fourth-order valence-electron chi connectivity index (χ4n) is 2.87. The first-order valence-electron chi connectivity index (χ1n) is 8.53. The quantitative estimate of drug-likeness (QED) is 0.784. The maximum atomic E-state index is 12.5. The average Bonchev–Trinajstić information content (AvgIpc) is 3.20. The number of carbonyl (C=O) groups is 1. The molecular weight excluding hydrogens is 318 g/mol. The minimum Gasteiger partial charge on any atom is -0.497 e. The lowest BCUT2D eigenvalue weighted by Gasteiger charge is -2.19. The molecule has 0 radical (unpaired) electrons. The molecule has 1 saturated heterocycles. The summed E-state index contributed by atoms with van der Waals surface area (Å²) in [7, 11) is 1.62. The topological polar surface area (TPSA) is 63.7 Å². The Morgan fingerprint density at radius 1 is 1.20 bits per heavy atom. The Hall–Kier alpha value is -2.76. The molecule has 0 saturated carbocycles. The van der Waals surface area contributed by atoms with E-state index in [9.17, 15) is 4.79 Å². The van der Waals surface area contributed by atoms with Crippen LogP contribution in [0, 0.1) is 0 Å². The van der Waals surface area contributed by atoms with Crippen molar-refractivity contribution < 1.29 is 14.3 Å². The summed E-state index contributed by atoms with van der Waals surface area (Å²) in [5, 5.41) is 2.90. The lowest BCUT2D eigenvalue weighted by molar-refractivity contribution is 0.0947. The number of pyridine rings is 1. The molecule has 1 aliphatic heterocycles. The van der Waals surface area contributed by atoms with Crippen LogP contribution in [0.25, 0.3) is 0 Å². The lowest BCUT2D eigenvalue weighted by atomic mass is 10.2. The number of hydrogen-bond donors (Lipinski definition) is 1. The molecule has 6 nitrogen and oxygen atoms in total. The van der Waals surface area contributed by atoms with Crippen molar-refractivity contribution >= 4 is 11.7 Å². The van der Waals surface area contributed by atoms with Gasteiger partial charge in [-0.25, -0.2) is 4.98 Å². The molecule has 3 rings (SSSR count). The summed E-state index contributed by atoms with van der Waals surface area (Å²) in [6.45, 7) is 2.72. The van der Waals surface area contributed by atoms with E-state index in [-0.39, 0.29) is 5.91 Å². The molecule has 0 bridgehead atoms. The third kappa shape index (κ3) is 4.41. The third-order valence-electron chi connectivity index (χ3n) is 4.13. The van der Waals surface area contributed by atoms with Gasteiger partial charge in [0.15, 0.2) is 0 Å². The van der Waals surface area contributed by atoms with E-state index >= 15 is 0 Å². The number of rotatable bonds is 7. The Bertz CT molecular complexity index is 715. The second kappa shape index (κ2) is 8.37. The number of amides is 1. The van der Waals surface area contributed by atoms with Crippen molar-refractivity contribution in [2.45, 2.75) is 12.8 Å². The van der Waals surface area contributed by atoms with Gasteiger partial charge in [0, 0.05) is 25.4 Å². The summed E-state index contributed by atoms with van der Waals surface area (Å²) in [5.74, 6) is 2.11. The van der Waals surface area contributed by atoms with E-state index in [2.05, 4.69) is 15.2 Å². The van der Waals surface area contributed by atoms with Crippen molar-refractivity contribution in [3.05, 3.63) is 48.2 Å². The minimum atomic E-state index is -0.121. The van der Waals surface area contributed by atoms with Gasteiger partial charge in [0.25, 0.3) is 5.91 Å². The molecule has 1 fully saturated rings. The third-order valence-corrected chi connectivity index (χ3v) is 4.13. The van der Waals surface area contributed by atoms with Crippen LogP contribution in [0.1, 0.15) is 23.2 Å². The predicted octanol–water partition coefficient (Wildman–Crippen LogP) is 2.50. The fourth-order valence-corrected chi connectivity index (χ4v) is 2.87. The maximum Gasteiger partial charge on any atom is 0.255 e. The molecule has 2 aromatic rings. The van der Waals surface area contributed by atoms with Gasteiger partial charge in [0.1, 0.15) is 23.9 Å². The van der Waals surface area contributed by atoms with Gasteiger partial charge in [-0.1, -0.05) is 6.07 Å². The number of carbonyl (C=O) groups excluding carboxylic acids is 1. The molecule has 1 aromatic heterocycles. The molecule has 0 spiro atoms. The Labute approximate surface area is 147 Å². The highest BCUT2D eigenvalue weighted by molar-refractivity contribution is 5.98. The van der Waals surface area contributed by atoms with Crippen molar-refractivity contribution in [1.82, 2.24) is 10.3 Å². The van der Waals surface area contributed by atoms with Crippen LogP contribution in [-0.2, 0) is 0 Å². The molecule has 0 aliphatic carbocycles. The van der Waals surface area contributed by atoms with Crippen LogP contribution in [0.15, 0.2) is 42.6 Å². The molecular formula is C19H23N3O3. The number of ether oxygens (including phenoxy) is 2. The normalized spacial score (nSPS) is 13.6. The minimum absolute atomic E-state index is 0.121. The summed E-state index contributed by atoms with van der Waals surface area (Å²) >= 11 is 0. The molecule has 132 valence electrons. The molecule has 1 aromatic carbocycles. The van der Waals surface area contributed by atoms with Gasteiger partial charge in [0.2, 0.25) is 0 Å². The molecule has 0 atom stereocenters. The van der Waals surface area contributed by atoms with E-state index in [1.54, 1.807) is 19.4 Å². The van der Waals surface area contributed by atoms with Crippen LogP contribution >= 0.6 is 0 Å². The summed E-state index contributed by atoms with van der Waals surface area (Å²) < 4.78 is 10.8. The van der Waals surface area contributed by atoms with Crippen molar-refractivity contribution in [2.75, 3.05) is 38.3 Å². The smallest absolute Gasteiger partial charge is 0.255 e. The van der Waals surface area contributed by atoms with Gasteiger partial charge in [-0.15, -0.1) is 0 Å². The van der Waals surface area contributed by atoms with Crippen molar-refractivity contribution in [2.24, 2.45) is 0 Å². The Morgan fingerprint density at radius 3 is 2.80 bits per heavy atom. The van der Waals surface area contributed by atoms with Crippen LogP contribution in [0.5, 0.6) is 11.5 Å². The number of nitrogens with one attached hydrogen (secondary N) is 1. The van der Waals surface area contributed by atoms with E-state index < -0.39 is 0 Å². The summed E-state index contributed by atoms with van der Waals surface area (Å²) in [6.07, 6.45) is 4.02. The maximum absolute atomic E-state index is 12.5. The standard InChI is InChI=1S/C19H23N3O3/c1-24-15-6-4-7-16(14-15)25-13-10-21-19(23)17-8-5-9-20-18(17)22-11-2-3-12-22/h4-9,14H,2-3,10-13H2,1H3,(H,21,23). The zero-order valence-electron chi connectivity index (χ0n) is 14.4. The second-order valence-electron chi connectivity index (χ2n) is 5.85. The van der Waals surface area contributed by atoms with Crippen LogP contribution < -0.4 is 19.7 Å². The van der Waals surface area contributed by atoms with E-state index in [4.69, 9.17) is 9.47 Å². The Kier molecular flexibility index (Phi) is 5.72. The molecule has 2 heterocycles. The van der Waals surface area contributed by atoms with Gasteiger partial charge in [0.05, 0.1) is 19.2 Å². The van der Waals surface area contributed by atoms with Crippen LogP contribution in [0.3, 0.4) is 0 Å². The number of nitrogens with zero attached hydrogens (tertiary/aromatic N) is 2. The molecule has 6 heteroatoms. The summed E-state index contributed by atoms with van der Waals surface area (Å²) in [6, 6.07) is 11.0. The van der Waals surface area contributed by atoms with Crippen molar-refractivity contribution in [3.8, 4) is 11.5 Å². The van der Waals surface area contributed by atoms with Crippen LogP contribution in [0.2, 0.25) is 0 Å². The van der Waals surface area contributed by atoms with Gasteiger partial charge in [-0.3, -0.25) is 4.79 Å². The van der Waals surface area contributed by atoms with E-state index in [1.807, 2.05) is 30.3 Å². The highest BCUT2D eigenvalue weighted by Crippen LogP contribution is 2.22. The monoisotopic (exact) mass is 341 g/mol. The van der Waals surface area contributed by atoms with Crippen LogP contribution in [-0.4, -0.2) is 44.2 Å². The van der Waals surface area contributed by atoms with E-state index in [0.717, 1.165) is 37.5 Å². The van der Waals surface area contributed by atoms with E-state index in [0.29, 0.717) is 24.5 Å². The van der Waals surface area contributed by atoms with Gasteiger partial charge in [-0.05, 0) is 37.1 Å². The number of benzene rings is 1. The zero-order valence-corrected chi connectivity index (χ0v) is 14.4. The second-order valence-corrected chi connectivity index (χ2v) is 5.85. The average molecular weight is 341 g/mol. The number of anilines is 1. The van der Waals surface area contributed by atoms with Gasteiger partial charge >= 0.3 is 0 Å². The number of hydrogen-bond acceptors (Lipinski definition) is 5. The predicted molar refractivity (Wildman–Crippen MR) is 96.5 cm³/mol. The van der Waals surface area contributed by atoms with Crippen molar-refractivity contribution in [3.63, 3.8) is 0 Å². The van der Waals surface area contributed by atoms with Gasteiger partial charge < -0.3 is 19.7 Å². The fraction of sp³-hybridized carbons (Fsp3) is 0.368. The zero-order chi connectivity index (χ0) is 17.5. The molecule has 1 aliphatic rings. The molecule has 25 heavy (non-hydrogen) atoms. The lowest BCUT2D eigenvalue weighted by Crippen LogP contribution is -2.30. The first kappa shape index (κ1) is 17.1. The van der Waals surface area contributed by atoms with Gasteiger partial charge in [-0.2, -0.15) is 0 Å². The first-order valence-corrected chi connectivity index (χ1v) is 8.53. The van der Waals surface area contributed by atoms with Crippen LogP contribution in [0.4, 0.5) is 5.82 Å². The largest absolute Gasteiger partial charge is 0.497 e. The van der Waals surface area contributed by atoms with Crippen molar-refractivity contribution in [1.29, 1.82) is 0 Å². The number of aromatic nitrogens is 1. The molecule has 1 amide bonds. The number of methoxy groups -OCH3 is 1. The SMILES string of the molecule is COc1cccc(OCCNC(=O)c2cccnc2N2CCCC2)c1. The summed E-state index contributed by atoms with van der Waals surface area (Å²) in [4.78, 5) is 19.0. The summed E-state index contributed by atoms with van der Waals surface area (Å²) in [5.41, 5.74) is 0.616.